The number of carbonyl (C=O) groups excluding carboxylic acids is 1. The van der Waals surface area contributed by atoms with E-state index in [-0.39, 0.29) is 5.56 Å². The van der Waals surface area contributed by atoms with E-state index < -0.39 is 12.1 Å². The molecule has 0 saturated heterocycles. The molecular formula is C17H13NO4. The van der Waals surface area contributed by atoms with Crippen LogP contribution in [0.3, 0.4) is 0 Å². The average Bonchev–Trinajstić information content (AvgIpc) is 2.53. The third-order valence-corrected chi connectivity index (χ3v) is 3.46. The van der Waals surface area contributed by atoms with Crippen LogP contribution in [0.1, 0.15) is 21.5 Å². The standard InChI is InChI=1S/C17H13NO4/c1-18-14-5-3-2-4-13(14)15(22-17(18)21)10-11-6-8-12(9-7-11)16(19)20/h2-10H,1H3,(H,19,20)/b15-10-. The number of aromatic carboxylic acids is 1. The zero-order chi connectivity index (χ0) is 15.7. The minimum absolute atomic E-state index is 0.211. The SMILES string of the molecule is CN1C(=O)O/C(=C\c2ccc(C(=O)O)cc2)c2ccccc21. The van der Waals surface area contributed by atoms with Crippen LogP contribution in [0.25, 0.3) is 11.8 Å². The van der Waals surface area contributed by atoms with Crippen LogP contribution >= 0.6 is 0 Å². The number of para-hydroxylation sites is 1. The van der Waals surface area contributed by atoms with Gasteiger partial charge < -0.3 is 9.84 Å². The van der Waals surface area contributed by atoms with Crippen molar-refractivity contribution in [3.8, 4) is 0 Å². The molecule has 0 saturated carbocycles. The number of carboxylic acids is 1. The Morgan fingerprint density at radius 1 is 1.14 bits per heavy atom. The van der Waals surface area contributed by atoms with Crippen molar-refractivity contribution in [1.29, 1.82) is 0 Å². The largest absolute Gasteiger partial charge is 0.478 e. The summed E-state index contributed by atoms with van der Waals surface area (Å²) in [5.74, 6) is -0.531. The Morgan fingerprint density at radius 2 is 1.82 bits per heavy atom. The Morgan fingerprint density at radius 3 is 2.50 bits per heavy atom. The van der Waals surface area contributed by atoms with E-state index in [1.165, 1.54) is 17.0 Å². The molecule has 0 atom stereocenters. The van der Waals surface area contributed by atoms with Gasteiger partial charge in [0.1, 0.15) is 5.76 Å². The Hall–Kier alpha value is -3.08. The summed E-state index contributed by atoms with van der Waals surface area (Å²) in [7, 11) is 1.65. The molecule has 110 valence electrons. The maximum atomic E-state index is 11.9. The van der Waals surface area contributed by atoms with Gasteiger partial charge in [-0.2, -0.15) is 0 Å². The lowest BCUT2D eigenvalue weighted by atomic mass is 10.1. The molecule has 0 aromatic heterocycles. The quantitative estimate of drug-likeness (QED) is 0.921. The van der Waals surface area contributed by atoms with E-state index in [0.717, 1.165) is 16.8 Å². The molecule has 5 heteroatoms. The number of benzene rings is 2. The molecule has 1 amide bonds. The average molecular weight is 295 g/mol. The Labute approximate surface area is 127 Å². The molecule has 1 heterocycles. The second-order valence-corrected chi connectivity index (χ2v) is 4.88. The number of fused-ring (bicyclic) bond motifs is 1. The summed E-state index contributed by atoms with van der Waals surface area (Å²) < 4.78 is 5.34. The monoisotopic (exact) mass is 295 g/mol. The zero-order valence-electron chi connectivity index (χ0n) is 11.8. The number of amides is 1. The zero-order valence-corrected chi connectivity index (χ0v) is 11.8. The number of anilines is 1. The van der Waals surface area contributed by atoms with Crippen molar-refractivity contribution in [1.82, 2.24) is 0 Å². The number of hydrogen-bond acceptors (Lipinski definition) is 3. The Bertz CT molecular complexity index is 778. The third kappa shape index (κ3) is 2.44. The number of carboxylic acid groups (broad SMARTS) is 1. The van der Waals surface area contributed by atoms with Gasteiger partial charge in [-0.05, 0) is 35.9 Å². The summed E-state index contributed by atoms with van der Waals surface area (Å²) in [4.78, 5) is 24.2. The molecule has 1 aliphatic rings. The van der Waals surface area contributed by atoms with Gasteiger partial charge in [-0.25, -0.2) is 9.59 Å². The van der Waals surface area contributed by atoms with Crippen LogP contribution in [0.15, 0.2) is 48.5 Å². The van der Waals surface area contributed by atoms with E-state index in [2.05, 4.69) is 0 Å². The molecule has 0 radical (unpaired) electrons. The van der Waals surface area contributed by atoms with Crippen LogP contribution in [-0.2, 0) is 4.74 Å². The molecule has 0 fully saturated rings. The van der Waals surface area contributed by atoms with Crippen LogP contribution in [0.4, 0.5) is 10.5 Å². The summed E-state index contributed by atoms with van der Waals surface area (Å²) in [5, 5.41) is 8.90. The van der Waals surface area contributed by atoms with E-state index in [0.29, 0.717) is 5.76 Å². The highest BCUT2D eigenvalue weighted by Crippen LogP contribution is 2.34. The van der Waals surface area contributed by atoms with Gasteiger partial charge in [0.25, 0.3) is 0 Å². The number of cyclic esters (lactones) is 1. The van der Waals surface area contributed by atoms with Gasteiger partial charge in [0, 0.05) is 12.6 Å². The fraction of sp³-hybridized carbons (Fsp3) is 0.0588. The van der Waals surface area contributed by atoms with Crippen molar-refractivity contribution in [3.63, 3.8) is 0 Å². The normalized spacial score (nSPS) is 15.4. The van der Waals surface area contributed by atoms with Gasteiger partial charge in [-0.15, -0.1) is 0 Å². The fourth-order valence-electron chi connectivity index (χ4n) is 2.27. The van der Waals surface area contributed by atoms with Crippen molar-refractivity contribution in [3.05, 3.63) is 65.2 Å². The van der Waals surface area contributed by atoms with Crippen molar-refractivity contribution in [2.24, 2.45) is 0 Å². The highest BCUT2D eigenvalue weighted by Gasteiger charge is 2.25. The van der Waals surface area contributed by atoms with Gasteiger partial charge >= 0.3 is 12.1 Å². The highest BCUT2D eigenvalue weighted by atomic mass is 16.6. The van der Waals surface area contributed by atoms with Crippen molar-refractivity contribution < 1.29 is 19.4 Å². The maximum Gasteiger partial charge on any atom is 0.419 e. The van der Waals surface area contributed by atoms with Gasteiger partial charge in [0.15, 0.2) is 0 Å². The summed E-state index contributed by atoms with van der Waals surface area (Å²) in [6.45, 7) is 0. The predicted octanol–water partition coefficient (Wildman–Crippen LogP) is 3.47. The minimum Gasteiger partial charge on any atom is -0.478 e. The van der Waals surface area contributed by atoms with Gasteiger partial charge in [-0.3, -0.25) is 4.90 Å². The first-order chi connectivity index (χ1) is 10.6. The Balaban J connectivity index is 2.02. The molecular weight excluding hydrogens is 282 g/mol. The van der Waals surface area contributed by atoms with Crippen molar-refractivity contribution >= 4 is 29.6 Å². The molecule has 22 heavy (non-hydrogen) atoms. The molecule has 0 spiro atoms. The lowest BCUT2D eigenvalue weighted by Crippen LogP contribution is -2.31. The van der Waals surface area contributed by atoms with Crippen LogP contribution in [-0.4, -0.2) is 24.2 Å². The van der Waals surface area contributed by atoms with Crippen LogP contribution < -0.4 is 4.90 Å². The lowest BCUT2D eigenvalue weighted by Gasteiger charge is -2.26. The van der Waals surface area contributed by atoms with Crippen molar-refractivity contribution in [2.75, 3.05) is 11.9 Å². The maximum absolute atomic E-state index is 11.9. The summed E-state index contributed by atoms with van der Waals surface area (Å²) in [6.07, 6.45) is 1.27. The highest BCUT2D eigenvalue weighted by molar-refractivity contribution is 6.01. The summed E-state index contributed by atoms with van der Waals surface area (Å²) in [6, 6.07) is 13.8. The molecule has 2 aromatic carbocycles. The summed E-state index contributed by atoms with van der Waals surface area (Å²) >= 11 is 0. The summed E-state index contributed by atoms with van der Waals surface area (Å²) in [5.41, 5.74) is 2.55. The second kappa shape index (κ2) is 5.37. The number of nitrogens with zero attached hydrogens (tertiary/aromatic N) is 1. The smallest absolute Gasteiger partial charge is 0.419 e. The van der Waals surface area contributed by atoms with Crippen LogP contribution in [0, 0.1) is 0 Å². The molecule has 2 aromatic rings. The topological polar surface area (TPSA) is 66.8 Å². The van der Waals surface area contributed by atoms with Gasteiger partial charge in [-0.1, -0.05) is 24.3 Å². The van der Waals surface area contributed by atoms with E-state index in [1.807, 2.05) is 24.3 Å². The number of ether oxygens (including phenoxy) is 1. The predicted molar refractivity (Wildman–Crippen MR) is 82.6 cm³/mol. The molecule has 1 aliphatic heterocycles. The van der Waals surface area contributed by atoms with Crippen LogP contribution in [0.5, 0.6) is 0 Å². The van der Waals surface area contributed by atoms with E-state index >= 15 is 0 Å². The second-order valence-electron chi connectivity index (χ2n) is 4.88. The number of hydrogen-bond donors (Lipinski definition) is 1. The lowest BCUT2D eigenvalue weighted by molar-refractivity contribution is 0.0697. The third-order valence-electron chi connectivity index (χ3n) is 3.46. The van der Waals surface area contributed by atoms with E-state index in [9.17, 15) is 9.59 Å². The number of rotatable bonds is 2. The van der Waals surface area contributed by atoms with Gasteiger partial charge in [0.05, 0.1) is 11.3 Å². The van der Waals surface area contributed by atoms with Crippen molar-refractivity contribution in [2.45, 2.75) is 0 Å². The molecule has 5 nitrogen and oxygen atoms in total. The van der Waals surface area contributed by atoms with E-state index in [4.69, 9.17) is 9.84 Å². The van der Waals surface area contributed by atoms with Crippen LogP contribution in [0.2, 0.25) is 0 Å². The first-order valence-electron chi connectivity index (χ1n) is 6.66. The van der Waals surface area contributed by atoms with E-state index in [1.54, 1.807) is 25.3 Å². The molecule has 0 aliphatic carbocycles. The van der Waals surface area contributed by atoms with Gasteiger partial charge in [0.2, 0.25) is 0 Å². The molecule has 3 rings (SSSR count). The molecule has 0 unspecified atom stereocenters. The molecule has 1 N–H and O–H groups in total. The molecule has 0 bridgehead atoms. The minimum atomic E-state index is -0.977. The fourth-order valence-corrected chi connectivity index (χ4v) is 2.27. The Kier molecular flexibility index (Phi) is 3.39. The number of carbonyl (C=O) groups is 2. The first-order valence-corrected chi connectivity index (χ1v) is 6.66. The first kappa shape index (κ1) is 13.9.